The lowest BCUT2D eigenvalue weighted by Gasteiger charge is -2.19. The lowest BCUT2D eigenvalue weighted by molar-refractivity contribution is 0.491. The second-order valence-electron chi connectivity index (χ2n) is 4.55. The monoisotopic (exact) mass is 213 g/mol. The number of nitrogens with two attached hydrogens (primary N) is 1. The fraction of sp³-hybridized carbons (Fsp3) is 0.500. The predicted molar refractivity (Wildman–Crippen MR) is 57.7 cm³/mol. The van der Waals surface area contributed by atoms with Gasteiger partial charge in [0.1, 0.15) is 11.6 Å². The van der Waals surface area contributed by atoms with Crippen LogP contribution < -0.4 is 5.73 Å². The summed E-state index contributed by atoms with van der Waals surface area (Å²) in [5.74, 6) is -0.718. The zero-order valence-corrected chi connectivity index (χ0v) is 9.40. The van der Waals surface area contributed by atoms with Gasteiger partial charge in [-0.05, 0) is 49.9 Å². The van der Waals surface area contributed by atoms with E-state index in [1.165, 1.54) is 12.1 Å². The molecular weight excluding hydrogens is 196 g/mol. The molecule has 3 heteroatoms. The molecule has 0 saturated heterocycles. The van der Waals surface area contributed by atoms with Crippen LogP contribution in [-0.4, -0.2) is 5.54 Å². The van der Waals surface area contributed by atoms with E-state index >= 15 is 0 Å². The molecule has 0 aliphatic carbocycles. The van der Waals surface area contributed by atoms with Gasteiger partial charge < -0.3 is 5.73 Å². The number of aryl methyl sites for hydroxylation is 1. The maximum atomic E-state index is 13.5. The summed E-state index contributed by atoms with van der Waals surface area (Å²) >= 11 is 0. The third-order valence-corrected chi connectivity index (χ3v) is 2.24. The minimum absolute atomic E-state index is 0.333. The van der Waals surface area contributed by atoms with Gasteiger partial charge in [-0.1, -0.05) is 6.92 Å². The smallest absolute Gasteiger partial charge is 0.126 e. The molecule has 1 aromatic carbocycles. The van der Waals surface area contributed by atoms with Crippen molar-refractivity contribution in [1.29, 1.82) is 0 Å². The van der Waals surface area contributed by atoms with Crippen LogP contribution in [0, 0.1) is 11.6 Å². The molecule has 0 fully saturated rings. The van der Waals surface area contributed by atoms with Crippen LogP contribution in [0.3, 0.4) is 0 Å². The molecule has 0 bridgehead atoms. The first-order valence-electron chi connectivity index (χ1n) is 5.09. The zero-order valence-electron chi connectivity index (χ0n) is 9.40. The van der Waals surface area contributed by atoms with Crippen LogP contribution in [0.2, 0.25) is 0 Å². The third kappa shape index (κ3) is 3.27. The zero-order chi connectivity index (χ0) is 11.6. The van der Waals surface area contributed by atoms with Crippen molar-refractivity contribution in [3.8, 4) is 0 Å². The summed E-state index contributed by atoms with van der Waals surface area (Å²) in [4.78, 5) is 0. The molecular formula is C12H17F2N. The van der Waals surface area contributed by atoms with Gasteiger partial charge in [-0.15, -0.1) is 0 Å². The Kier molecular flexibility index (Phi) is 3.45. The van der Waals surface area contributed by atoms with Gasteiger partial charge in [0.05, 0.1) is 0 Å². The van der Waals surface area contributed by atoms with E-state index < -0.39 is 5.54 Å². The van der Waals surface area contributed by atoms with Crippen LogP contribution >= 0.6 is 0 Å². The van der Waals surface area contributed by atoms with E-state index in [0.29, 0.717) is 24.0 Å². The summed E-state index contributed by atoms with van der Waals surface area (Å²) in [5, 5.41) is 0. The summed E-state index contributed by atoms with van der Waals surface area (Å²) in [6, 6.07) is 2.51. The van der Waals surface area contributed by atoms with Crippen molar-refractivity contribution in [2.75, 3.05) is 0 Å². The molecule has 0 amide bonds. The molecule has 0 aliphatic rings. The Morgan fingerprint density at radius 2 is 1.60 bits per heavy atom. The van der Waals surface area contributed by atoms with Gasteiger partial charge in [0.15, 0.2) is 0 Å². The summed E-state index contributed by atoms with van der Waals surface area (Å²) < 4.78 is 26.9. The largest absolute Gasteiger partial charge is 0.325 e. The number of hydrogen-bond donors (Lipinski definition) is 1. The quantitative estimate of drug-likeness (QED) is 0.821. The van der Waals surface area contributed by atoms with E-state index in [2.05, 4.69) is 0 Å². The maximum absolute atomic E-state index is 13.5. The molecule has 0 saturated carbocycles. The van der Waals surface area contributed by atoms with E-state index in [-0.39, 0.29) is 11.6 Å². The second-order valence-corrected chi connectivity index (χ2v) is 4.55. The summed E-state index contributed by atoms with van der Waals surface area (Å²) in [6.07, 6.45) is 0.828. The average molecular weight is 213 g/mol. The fourth-order valence-electron chi connectivity index (χ4n) is 1.53. The molecule has 0 aromatic heterocycles. The number of hydrogen-bond acceptors (Lipinski definition) is 1. The number of halogens is 2. The van der Waals surface area contributed by atoms with Crippen molar-refractivity contribution in [1.82, 2.24) is 0 Å². The molecule has 0 aliphatic heterocycles. The topological polar surface area (TPSA) is 26.0 Å². The summed E-state index contributed by atoms with van der Waals surface area (Å²) in [6.45, 7) is 5.38. The second kappa shape index (κ2) is 4.27. The molecule has 0 unspecified atom stereocenters. The molecule has 0 heterocycles. The van der Waals surface area contributed by atoms with Crippen molar-refractivity contribution >= 4 is 0 Å². The highest BCUT2D eigenvalue weighted by Gasteiger charge is 2.16. The highest BCUT2D eigenvalue weighted by molar-refractivity contribution is 5.27. The predicted octanol–water partition coefficient (Wildman–Crippen LogP) is 2.81. The molecule has 0 atom stereocenters. The average Bonchev–Trinajstić information content (AvgIpc) is 2.08. The maximum Gasteiger partial charge on any atom is 0.126 e. The van der Waals surface area contributed by atoms with Gasteiger partial charge in [0.25, 0.3) is 0 Å². The Bertz CT molecular complexity index is 353. The summed E-state index contributed by atoms with van der Waals surface area (Å²) in [5.41, 5.74) is 5.99. The van der Waals surface area contributed by atoms with Gasteiger partial charge in [-0.2, -0.15) is 0 Å². The SMILES string of the molecule is CCc1cc(F)c(CC(C)(C)N)cc1F. The highest BCUT2D eigenvalue weighted by Crippen LogP contribution is 2.19. The lowest BCUT2D eigenvalue weighted by atomic mass is 9.94. The van der Waals surface area contributed by atoms with Crippen LogP contribution in [0.1, 0.15) is 31.9 Å². The van der Waals surface area contributed by atoms with Crippen molar-refractivity contribution in [2.45, 2.75) is 39.2 Å². The van der Waals surface area contributed by atoms with Gasteiger partial charge in [0, 0.05) is 5.54 Å². The molecule has 2 N–H and O–H groups in total. The van der Waals surface area contributed by atoms with Crippen molar-refractivity contribution in [2.24, 2.45) is 5.73 Å². The molecule has 1 aromatic rings. The van der Waals surface area contributed by atoms with Crippen molar-refractivity contribution in [3.05, 3.63) is 34.9 Å². The fourth-order valence-corrected chi connectivity index (χ4v) is 1.53. The van der Waals surface area contributed by atoms with Crippen molar-refractivity contribution < 1.29 is 8.78 Å². The van der Waals surface area contributed by atoms with E-state index in [4.69, 9.17) is 5.73 Å². The van der Waals surface area contributed by atoms with Crippen LogP contribution in [0.5, 0.6) is 0 Å². The van der Waals surface area contributed by atoms with Gasteiger partial charge >= 0.3 is 0 Å². The van der Waals surface area contributed by atoms with E-state index in [0.717, 1.165) is 0 Å². The molecule has 0 spiro atoms. The number of benzene rings is 1. The number of rotatable bonds is 3. The molecule has 84 valence electrons. The van der Waals surface area contributed by atoms with Gasteiger partial charge in [0.2, 0.25) is 0 Å². The van der Waals surface area contributed by atoms with Gasteiger partial charge in [-0.25, -0.2) is 8.78 Å². The van der Waals surface area contributed by atoms with E-state index in [9.17, 15) is 8.78 Å². The first-order chi connectivity index (χ1) is 6.83. The van der Waals surface area contributed by atoms with E-state index in [1.807, 2.05) is 0 Å². The lowest BCUT2D eigenvalue weighted by Crippen LogP contribution is -2.34. The normalized spacial score (nSPS) is 11.9. The molecule has 0 radical (unpaired) electrons. The molecule has 1 nitrogen and oxygen atoms in total. The standard InChI is InChI=1S/C12H17F2N/c1-4-8-5-11(14)9(6-10(8)13)7-12(2,3)15/h5-6H,4,7,15H2,1-3H3. The van der Waals surface area contributed by atoms with Crippen LogP contribution in [0.15, 0.2) is 12.1 Å². The minimum atomic E-state index is -0.527. The Balaban J connectivity index is 3.05. The van der Waals surface area contributed by atoms with Crippen LogP contribution in [0.4, 0.5) is 8.78 Å². The Hall–Kier alpha value is -0.960. The summed E-state index contributed by atoms with van der Waals surface area (Å²) in [7, 11) is 0. The molecule has 1 rings (SSSR count). The Labute approximate surface area is 89.3 Å². The first-order valence-corrected chi connectivity index (χ1v) is 5.09. The van der Waals surface area contributed by atoms with Crippen molar-refractivity contribution in [3.63, 3.8) is 0 Å². The third-order valence-electron chi connectivity index (χ3n) is 2.24. The Morgan fingerprint density at radius 1 is 1.13 bits per heavy atom. The van der Waals surface area contributed by atoms with Crippen LogP contribution in [0.25, 0.3) is 0 Å². The van der Waals surface area contributed by atoms with Gasteiger partial charge in [-0.3, -0.25) is 0 Å². The van der Waals surface area contributed by atoms with E-state index in [1.54, 1.807) is 20.8 Å². The highest BCUT2D eigenvalue weighted by atomic mass is 19.1. The molecule has 15 heavy (non-hydrogen) atoms. The minimum Gasteiger partial charge on any atom is -0.325 e. The van der Waals surface area contributed by atoms with Crippen LogP contribution in [-0.2, 0) is 12.8 Å². The first kappa shape index (κ1) is 12.1. The Morgan fingerprint density at radius 3 is 2.07 bits per heavy atom.